The molecule has 0 spiro atoms. The van der Waals surface area contributed by atoms with Crippen LogP contribution in [-0.4, -0.2) is 64.2 Å². The van der Waals surface area contributed by atoms with E-state index in [4.69, 9.17) is 14.2 Å². The number of fused-ring (bicyclic) bond motifs is 3. The molecule has 2 aliphatic heterocycles. The number of hydrogen-bond acceptors (Lipinski definition) is 6. The lowest BCUT2D eigenvalue weighted by atomic mass is 9.99. The first-order chi connectivity index (χ1) is 13.0. The van der Waals surface area contributed by atoms with Crippen molar-refractivity contribution in [3.8, 4) is 11.5 Å². The van der Waals surface area contributed by atoms with Crippen molar-refractivity contribution in [2.45, 2.75) is 36.2 Å². The molecule has 2 heterocycles. The highest BCUT2D eigenvalue weighted by Gasteiger charge is 2.54. The van der Waals surface area contributed by atoms with Gasteiger partial charge in [-0.2, -0.15) is 4.31 Å². The number of methoxy groups -OCH3 is 1. The van der Waals surface area contributed by atoms with Crippen molar-refractivity contribution in [3.05, 3.63) is 18.2 Å². The molecule has 1 amide bonds. The molecule has 148 valence electrons. The van der Waals surface area contributed by atoms with Crippen LogP contribution in [0.25, 0.3) is 0 Å². The third-order valence-electron chi connectivity index (χ3n) is 5.49. The van der Waals surface area contributed by atoms with Gasteiger partial charge in [0, 0.05) is 25.8 Å². The van der Waals surface area contributed by atoms with E-state index < -0.39 is 16.1 Å². The van der Waals surface area contributed by atoms with Gasteiger partial charge in [-0.05, 0) is 37.3 Å². The van der Waals surface area contributed by atoms with Gasteiger partial charge < -0.3 is 19.5 Å². The molecule has 2 bridgehead atoms. The number of hydrogen-bond donors (Lipinski definition) is 1. The van der Waals surface area contributed by atoms with E-state index >= 15 is 0 Å². The van der Waals surface area contributed by atoms with Crippen LogP contribution in [0.3, 0.4) is 0 Å². The molecular weight excluding hydrogens is 372 g/mol. The summed E-state index contributed by atoms with van der Waals surface area (Å²) in [7, 11) is -2.26. The van der Waals surface area contributed by atoms with Crippen molar-refractivity contribution in [2.75, 3.05) is 33.5 Å². The van der Waals surface area contributed by atoms with Crippen molar-refractivity contribution < 1.29 is 27.4 Å². The lowest BCUT2D eigenvalue weighted by Crippen LogP contribution is -2.53. The van der Waals surface area contributed by atoms with Crippen molar-refractivity contribution in [3.63, 3.8) is 0 Å². The fraction of sp³-hybridized carbons (Fsp3) is 0.611. The molecule has 27 heavy (non-hydrogen) atoms. The van der Waals surface area contributed by atoms with E-state index in [0.29, 0.717) is 37.9 Å². The molecule has 1 aromatic rings. The number of amides is 1. The van der Waals surface area contributed by atoms with Gasteiger partial charge in [-0.15, -0.1) is 0 Å². The van der Waals surface area contributed by atoms with Gasteiger partial charge in [0.25, 0.3) is 0 Å². The Morgan fingerprint density at radius 3 is 2.81 bits per heavy atom. The summed E-state index contributed by atoms with van der Waals surface area (Å²) in [6, 6.07) is 3.83. The first-order valence-corrected chi connectivity index (χ1v) is 10.7. The van der Waals surface area contributed by atoms with Gasteiger partial charge in [0.1, 0.15) is 19.3 Å². The summed E-state index contributed by atoms with van der Waals surface area (Å²) in [6.07, 6.45) is 2.39. The molecule has 3 aliphatic rings. The molecule has 4 rings (SSSR count). The number of sulfonamides is 1. The van der Waals surface area contributed by atoms with Crippen molar-refractivity contribution >= 4 is 15.9 Å². The standard InChI is InChI=1S/C18H24N2O6S/c1-24-7-6-19-18(21)17-12-2-3-13(10-12)20(17)27(22,23)14-4-5-15-16(11-14)26-9-8-25-15/h4-5,11-13,17H,2-3,6-10H2,1H3,(H,19,21)/t12-,13-,17-/m0/s1. The van der Waals surface area contributed by atoms with Crippen molar-refractivity contribution in [1.29, 1.82) is 0 Å². The molecule has 1 saturated heterocycles. The fourth-order valence-electron chi connectivity index (χ4n) is 4.31. The summed E-state index contributed by atoms with van der Waals surface area (Å²) in [5.74, 6) is 0.773. The molecule has 2 fully saturated rings. The van der Waals surface area contributed by atoms with Crippen LogP contribution in [0.15, 0.2) is 23.1 Å². The monoisotopic (exact) mass is 396 g/mol. The van der Waals surface area contributed by atoms with Crippen molar-refractivity contribution in [1.82, 2.24) is 9.62 Å². The first kappa shape index (κ1) is 18.5. The topological polar surface area (TPSA) is 94.2 Å². The number of nitrogens with one attached hydrogen (secondary N) is 1. The average molecular weight is 396 g/mol. The lowest BCUT2D eigenvalue weighted by Gasteiger charge is -2.33. The molecule has 1 aromatic carbocycles. The Morgan fingerprint density at radius 2 is 2.04 bits per heavy atom. The van der Waals surface area contributed by atoms with Crippen LogP contribution < -0.4 is 14.8 Å². The Morgan fingerprint density at radius 1 is 1.26 bits per heavy atom. The minimum Gasteiger partial charge on any atom is -0.486 e. The highest BCUT2D eigenvalue weighted by Crippen LogP contribution is 2.46. The molecule has 0 aromatic heterocycles. The second-order valence-corrected chi connectivity index (χ2v) is 8.94. The lowest BCUT2D eigenvalue weighted by molar-refractivity contribution is -0.126. The Hall–Kier alpha value is -1.84. The summed E-state index contributed by atoms with van der Waals surface area (Å²) in [5.41, 5.74) is 0. The van der Waals surface area contributed by atoms with E-state index in [-0.39, 0.29) is 22.8 Å². The van der Waals surface area contributed by atoms with Crippen LogP contribution >= 0.6 is 0 Å². The van der Waals surface area contributed by atoms with E-state index in [1.807, 2.05) is 0 Å². The second kappa shape index (κ2) is 7.29. The third-order valence-corrected chi connectivity index (χ3v) is 7.42. The zero-order valence-electron chi connectivity index (χ0n) is 15.2. The quantitative estimate of drug-likeness (QED) is 0.714. The van der Waals surface area contributed by atoms with Crippen LogP contribution in [0, 0.1) is 5.92 Å². The summed E-state index contributed by atoms with van der Waals surface area (Å²) in [4.78, 5) is 12.8. The molecule has 0 radical (unpaired) electrons. The molecule has 0 unspecified atom stereocenters. The number of nitrogens with zero attached hydrogens (tertiary/aromatic N) is 1. The van der Waals surface area contributed by atoms with Gasteiger partial charge in [0.2, 0.25) is 15.9 Å². The molecular formula is C18H24N2O6S. The predicted molar refractivity (Wildman–Crippen MR) is 96.3 cm³/mol. The largest absolute Gasteiger partial charge is 0.486 e. The van der Waals surface area contributed by atoms with E-state index in [0.717, 1.165) is 19.3 Å². The van der Waals surface area contributed by atoms with E-state index in [9.17, 15) is 13.2 Å². The Labute approximate surface area is 158 Å². The summed E-state index contributed by atoms with van der Waals surface area (Å²) in [5, 5.41) is 2.80. The highest BCUT2D eigenvalue weighted by molar-refractivity contribution is 7.89. The molecule has 9 heteroatoms. The SMILES string of the molecule is COCCNC(=O)[C@@H]1[C@H]2CC[C@@H](C2)N1S(=O)(=O)c1ccc2c(c1)OCCO2. The fourth-order valence-corrected chi connectivity index (χ4v) is 6.20. The zero-order valence-corrected chi connectivity index (χ0v) is 16.0. The molecule has 1 N–H and O–H groups in total. The average Bonchev–Trinajstić information content (AvgIpc) is 3.29. The molecule has 8 nitrogen and oxygen atoms in total. The molecule has 1 saturated carbocycles. The van der Waals surface area contributed by atoms with Gasteiger partial charge in [-0.3, -0.25) is 4.79 Å². The number of ether oxygens (including phenoxy) is 3. The van der Waals surface area contributed by atoms with Gasteiger partial charge in [-0.25, -0.2) is 8.42 Å². The van der Waals surface area contributed by atoms with Crippen LogP contribution in [0.5, 0.6) is 11.5 Å². The highest BCUT2D eigenvalue weighted by atomic mass is 32.2. The van der Waals surface area contributed by atoms with Gasteiger partial charge in [-0.1, -0.05) is 0 Å². The van der Waals surface area contributed by atoms with Crippen LogP contribution in [0.4, 0.5) is 0 Å². The molecule has 1 aliphatic carbocycles. The van der Waals surface area contributed by atoms with Crippen LogP contribution in [0.1, 0.15) is 19.3 Å². The van der Waals surface area contributed by atoms with Gasteiger partial charge >= 0.3 is 0 Å². The minimum absolute atomic E-state index is 0.0598. The van der Waals surface area contributed by atoms with Gasteiger partial charge in [0.05, 0.1) is 11.5 Å². The normalized spacial score (nSPS) is 26.9. The Balaban J connectivity index is 1.62. The predicted octanol–water partition coefficient (Wildman–Crippen LogP) is 0.762. The summed E-state index contributed by atoms with van der Waals surface area (Å²) >= 11 is 0. The number of piperidine rings is 1. The van der Waals surface area contributed by atoms with E-state index in [2.05, 4.69) is 5.32 Å². The van der Waals surface area contributed by atoms with Crippen LogP contribution in [-0.2, 0) is 19.6 Å². The number of benzene rings is 1. The van der Waals surface area contributed by atoms with E-state index in [1.165, 1.54) is 16.4 Å². The number of carbonyl (C=O) groups is 1. The minimum atomic E-state index is -3.82. The molecule has 3 atom stereocenters. The van der Waals surface area contributed by atoms with E-state index in [1.54, 1.807) is 13.2 Å². The maximum Gasteiger partial charge on any atom is 0.244 e. The third kappa shape index (κ3) is 3.28. The maximum absolute atomic E-state index is 13.4. The number of rotatable bonds is 6. The van der Waals surface area contributed by atoms with Crippen molar-refractivity contribution in [2.24, 2.45) is 5.92 Å². The number of carbonyl (C=O) groups excluding carboxylic acids is 1. The maximum atomic E-state index is 13.4. The smallest absolute Gasteiger partial charge is 0.244 e. The zero-order chi connectivity index (χ0) is 19.0. The first-order valence-electron chi connectivity index (χ1n) is 9.22. The Kier molecular flexibility index (Phi) is 5.00. The van der Waals surface area contributed by atoms with Gasteiger partial charge in [0.15, 0.2) is 11.5 Å². The summed E-state index contributed by atoms with van der Waals surface area (Å²) in [6.45, 7) is 1.58. The van der Waals surface area contributed by atoms with Crippen LogP contribution in [0.2, 0.25) is 0 Å². The second-order valence-electron chi connectivity index (χ2n) is 7.10. The Bertz CT molecular complexity index is 827. The summed E-state index contributed by atoms with van der Waals surface area (Å²) < 4.78 is 44.1.